The van der Waals surface area contributed by atoms with Gasteiger partial charge in [-0.05, 0) is 36.6 Å². The van der Waals surface area contributed by atoms with Gasteiger partial charge in [-0.1, -0.05) is 29.8 Å². The molecule has 0 spiro atoms. The van der Waals surface area contributed by atoms with Gasteiger partial charge in [0, 0.05) is 10.9 Å². The summed E-state index contributed by atoms with van der Waals surface area (Å²) in [6, 6.07) is 1.87. The number of ketones is 1. The van der Waals surface area contributed by atoms with E-state index < -0.39 is 0 Å². The van der Waals surface area contributed by atoms with E-state index in [9.17, 15) is 9.90 Å². The highest BCUT2D eigenvalue weighted by Gasteiger charge is 2.20. The summed E-state index contributed by atoms with van der Waals surface area (Å²) in [5.41, 5.74) is 7.33. The second kappa shape index (κ2) is 5.65. The highest BCUT2D eigenvalue weighted by molar-refractivity contribution is 9.10. The van der Waals surface area contributed by atoms with Crippen molar-refractivity contribution in [2.75, 3.05) is 6.54 Å². The summed E-state index contributed by atoms with van der Waals surface area (Å²) in [7, 11) is 0. The molecule has 4 heteroatoms. The van der Waals surface area contributed by atoms with Gasteiger partial charge >= 0.3 is 0 Å². The van der Waals surface area contributed by atoms with Gasteiger partial charge in [-0.3, -0.25) is 4.79 Å². The fraction of sp³-hybridized carbons (Fsp3) is 0.462. The van der Waals surface area contributed by atoms with Gasteiger partial charge in [-0.25, -0.2) is 0 Å². The molecule has 0 fully saturated rings. The summed E-state index contributed by atoms with van der Waals surface area (Å²) < 4.78 is 0.847. The number of nitrogens with two attached hydrogens (primary N) is 1. The fourth-order valence-electron chi connectivity index (χ4n) is 1.79. The van der Waals surface area contributed by atoms with Crippen LogP contribution in [0.3, 0.4) is 0 Å². The zero-order valence-corrected chi connectivity index (χ0v) is 12.0. The lowest BCUT2D eigenvalue weighted by Gasteiger charge is -2.16. The summed E-state index contributed by atoms with van der Waals surface area (Å²) in [6.07, 6.45) is 0.252. The molecule has 0 aromatic heterocycles. The standard InChI is InChI=1S/C13H18BrNO2/c1-7(2)9-6-10(14)8(3)12(13(9)17)11(16)4-5-15/h6-7,17H,4-5,15H2,1-3H3. The molecule has 17 heavy (non-hydrogen) atoms. The highest BCUT2D eigenvalue weighted by atomic mass is 79.9. The number of halogens is 1. The minimum Gasteiger partial charge on any atom is -0.507 e. The molecule has 1 aromatic carbocycles. The van der Waals surface area contributed by atoms with Gasteiger partial charge in [0.1, 0.15) is 5.75 Å². The Balaban J connectivity index is 3.41. The highest BCUT2D eigenvalue weighted by Crippen LogP contribution is 2.36. The van der Waals surface area contributed by atoms with Gasteiger partial charge in [-0.15, -0.1) is 0 Å². The van der Waals surface area contributed by atoms with Gasteiger partial charge in [0.05, 0.1) is 5.56 Å². The molecule has 0 aliphatic heterocycles. The summed E-state index contributed by atoms with van der Waals surface area (Å²) in [5.74, 6) is 0.154. The summed E-state index contributed by atoms with van der Waals surface area (Å²) in [5, 5.41) is 10.2. The number of phenols is 1. The lowest BCUT2D eigenvalue weighted by Crippen LogP contribution is -2.11. The zero-order chi connectivity index (χ0) is 13.2. The maximum absolute atomic E-state index is 12.0. The normalized spacial score (nSPS) is 10.9. The Bertz CT molecular complexity index is 442. The Hall–Kier alpha value is -0.870. The molecular weight excluding hydrogens is 282 g/mol. The van der Waals surface area contributed by atoms with Crippen LogP contribution >= 0.6 is 15.9 Å². The van der Waals surface area contributed by atoms with Crippen LogP contribution in [-0.2, 0) is 0 Å². The number of rotatable bonds is 4. The van der Waals surface area contributed by atoms with Crippen LogP contribution in [0.2, 0.25) is 0 Å². The second-order valence-electron chi connectivity index (χ2n) is 4.41. The van der Waals surface area contributed by atoms with Gasteiger partial charge in [0.15, 0.2) is 5.78 Å². The molecule has 94 valence electrons. The van der Waals surface area contributed by atoms with E-state index in [2.05, 4.69) is 15.9 Å². The molecule has 0 aliphatic carbocycles. The largest absolute Gasteiger partial charge is 0.507 e. The quantitative estimate of drug-likeness (QED) is 0.840. The van der Waals surface area contributed by atoms with E-state index in [0.717, 1.165) is 15.6 Å². The number of benzene rings is 1. The number of phenolic OH excluding ortho intramolecular Hbond substituents is 1. The first-order valence-corrected chi connectivity index (χ1v) is 6.44. The molecule has 0 unspecified atom stereocenters. The molecule has 1 aromatic rings. The Morgan fingerprint density at radius 3 is 2.59 bits per heavy atom. The predicted octanol–water partition coefficient (Wildman–Crippen LogP) is 3.12. The SMILES string of the molecule is Cc1c(Br)cc(C(C)C)c(O)c1C(=O)CCN. The average molecular weight is 300 g/mol. The molecule has 0 bridgehead atoms. The number of hydrogen-bond acceptors (Lipinski definition) is 3. The molecule has 1 rings (SSSR count). The first-order chi connectivity index (χ1) is 7.90. The van der Waals surface area contributed by atoms with Crippen molar-refractivity contribution in [3.05, 3.63) is 27.2 Å². The smallest absolute Gasteiger partial charge is 0.168 e. The average Bonchev–Trinajstić information content (AvgIpc) is 2.23. The van der Waals surface area contributed by atoms with Crippen LogP contribution in [0.25, 0.3) is 0 Å². The van der Waals surface area contributed by atoms with Crippen LogP contribution in [0.1, 0.15) is 47.7 Å². The second-order valence-corrected chi connectivity index (χ2v) is 5.27. The molecule has 3 nitrogen and oxygen atoms in total. The van der Waals surface area contributed by atoms with Crippen LogP contribution in [0.4, 0.5) is 0 Å². The van der Waals surface area contributed by atoms with Crippen molar-refractivity contribution < 1.29 is 9.90 Å². The van der Waals surface area contributed by atoms with E-state index in [4.69, 9.17) is 5.73 Å². The van der Waals surface area contributed by atoms with Crippen LogP contribution in [-0.4, -0.2) is 17.4 Å². The van der Waals surface area contributed by atoms with E-state index in [-0.39, 0.29) is 23.9 Å². The van der Waals surface area contributed by atoms with Gasteiger partial charge in [0.2, 0.25) is 0 Å². The van der Waals surface area contributed by atoms with Gasteiger partial charge in [-0.2, -0.15) is 0 Å². The molecule has 3 N–H and O–H groups in total. The molecule has 0 saturated carbocycles. The van der Waals surface area contributed by atoms with E-state index >= 15 is 0 Å². The maximum atomic E-state index is 12.0. The van der Waals surface area contributed by atoms with Crippen molar-refractivity contribution in [2.45, 2.75) is 33.1 Å². The molecule has 0 atom stereocenters. The topological polar surface area (TPSA) is 63.3 Å². The van der Waals surface area contributed by atoms with Crippen LogP contribution in [0.5, 0.6) is 5.75 Å². The molecule has 0 heterocycles. The van der Waals surface area contributed by atoms with Crippen molar-refractivity contribution in [1.82, 2.24) is 0 Å². The van der Waals surface area contributed by atoms with Gasteiger partial charge < -0.3 is 10.8 Å². The third kappa shape index (κ3) is 2.87. The Morgan fingerprint density at radius 1 is 1.53 bits per heavy atom. The number of hydrogen-bond donors (Lipinski definition) is 2. The van der Waals surface area contributed by atoms with Crippen molar-refractivity contribution in [2.24, 2.45) is 5.73 Å². The van der Waals surface area contributed by atoms with Crippen molar-refractivity contribution >= 4 is 21.7 Å². The Labute approximate surface area is 110 Å². The molecular formula is C13H18BrNO2. The number of carbonyl (C=O) groups excluding carboxylic acids is 1. The lowest BCUT2D eigenvalue weighted by atomic mass is 9.93. The van der Waals surface area contributed by atoms with Crippen LogP contribution in [0, 0.1) is 6.92 Å². The van der Waals surface area contributed by atoms with E-state index in [1.807, 2.05) is 26.8 Å². The minimum absolute atomic E-state index is 0.0964. The fourth-order valence-corrected chi connectivity index (χ4v) is 2.24. The summed E-state index contributed by atoms with van der Waals surface area (Å²) in [4.78, 5) is 12.0. The Morgan fingerprint density at radius 2 is 2.12 bits per heavy atom. The van der Waals surface area contributed by atoms with Crippen LogP contribution in [0.15, 0.2) is 10.5 Å². The third-order valence-corrected chi connectivity index (χ3v) is 3.62. The van der Waals surface area contributed by atoms with Gasteiger partial charge in [0.25, 0.3) is 0 Å². The van der Waals surface area contributed by atoms with E-state index in [1.165, 1.54) is 0 Å². The third-order valence-electron chi connectivity index (χ3n) is 2.80. The predicted molar refractivity (Wildman–Crippen MR) is 72.6 cm³/mol. The van der Waals surface area contributed by atoms with Crippen LogP contribution < -0.4 is 5.73 Å². The Kier molecular flexibility index (Phi) is 4.71. The summed E-state index contributed by atoms with van der Waals surface area (Å²) >= 11 is 3.42. The van der Waals surface area contributed by atoms with Crippen molar-refractivity contribution in [3.63, 3.8) is 0 Å². The first-order valence-electron chi connectivity index (χ1n) is 5.65. The monoisotopic (exact) mass is 299 g/mol. The molecule has 0 aliphatic rings. The first kappa shape index (κ1) is 14.2. The minimum atomic E-state index is -0.106. The number of carbonyl (C=O) groups is 1. The van der Waals surface area contributed by atoms with Crippen molar-refractivity contribution in [1.29, 1.82) is 0 Å². The van der Waals surface area contributed by atoms with E-state index in [0.29, 0.717) is 12.1 Å². The van der Waals surface area contributed by atoms with E-state index in [1.54, 1.807) is 0 Å². The molecule has 0 saturated heterocycles. The molecule has 0 amide bonds. The zero-order valence-electron chi connectivity index (χ0n) is 10.4. The summed E-state index contributed by atoms with van der Waals surface area (Å²) in [6.45, 7) is 6.07. The number of aromatic hydroxyl groups is 1. The maximum Gasteiger partial charge on any atom is 0.168 e. The lowest BCUT2D eigenvalue weighted by molar-refractivity contribution is 0.0982. The molecule has 0 radical (unpaired) electrons. The number of Topliss-reactive ketones (excluding diaryl/α,β-unsaturated/α-hetero) is 1. The van der Waals surface area contributed by atoms with Crippen molar-refractivity contribution in [3.8, 4) is 5.75 Å².